The number of nitrogens with one attached hydrogen (secondary N) is 2. The van der Waals surface area contributed by atoms with Gasteiger partial charge >= 0.3 is 0 Å². The predicted octanol–water partition coefficient (Wildman–Crippen LogP) is 3.29. The zero-order valence-corrected chi connectivity index (χ0v) is 13.8. The molecule has 0 radical (unpaired) electrons. The highest BCUT2D eigenvalue weighted by atomic mass is 35.5. The Bertz CT molecular complexity index is 442. The maximum atomic E-state index is 12.0. The second-order valence-corrected chi connectivity index (χ2v) is 6.07. The van der Waals surface area contributed by atoms with Crippen LogP contribution in [0.4, 0.5) is 5.82 Å². The van der Waals surface area contributed by atoms with E-state index < -0.39 is 0 Å². The summed E-state index contributed by atoms with van der Waals surface area (Å²) in [6.45, 7) is 5.65. The molecular weight excluding hydrogens is 294 g/mol. The first-order valence-corrected chi connectivity index (χ1v) is 8.52. The van der Waals surface area contributed by atoms with Crippen molar-refractivity contribution in [1.29, 1.82) is 0 Å². The van der Waals surface area contributed by atoms with Crippen LogP contribution in [0, 0.1) is 5.92 Å². The van der Waals surface area contributed by atoms with Gasteiger partial charge in [-0.3, -0.25) is 4.79 Å². The molecular formula is C14H22ClN3OS. The molecule has 1 aromatic heterocycles. The van der Waals surface area contributed by atoms with E-state index in [4.69, 9.17) is 11.6 Å². The van der Waals surface area contributed by atoms with Gasteiger partial charge in [-0.15, -0.1) is 0 Å². The van der Waals surface area contributed by atoms with Gasteiger partial charge in [0.25, 0.3) is 5.91 Å². The predicted molar refractivity (Wildman–Crippen MR) is 87.9 cm³/mol. The molecule has 0 aliphatic carbocycles. The Hall–Kier alpha value is -0.940. The van der Waals surface area contributed by atoms with E-state index in [1.165, 1.54) is 0 Å². The van der Waals surface area contributed by atoms with Crippen molar-refractivity contribution in [3.05, 3.63) is 22.8 Å². The molecule has 1 heterocycles. The molecule has 0 bridgehead atoms. The number of aromatic nitrogens is 1. The van der Waals surface area contributed by atoms with E-state index in [1.54, 1.807) is 24.0 Å². The number of nitrogens with zero attached hydrogens (tertiary/aromatic N) is 1. The van der Waals surface area contributed by atoms with Crippen LogP contribution >= 0.6 is 23.4 Å². The van der Waals surface area contributed by atoms with Gasteiger partial charge in [0.2, 0.25) is 0 Å². The average molecular weight is 316 g/mol. The number of hydrogen-bond acceptors (Lipinski definition) is 4. The van der Waals surface area contributed by atoms with Crippen LogP contribution in [-0.2, 0) is 0 Å². The summed E-state index contributed by atoms with van der Waals surface area (Å²) in [5.41, 5.74) is 0.494. The Labute approximate surface area is 130 Å². The summed E-state index contributed by atoms with van der Waals surface area (Å²) in [5.74, 6) is 1.97. The van der Waals surface area contributed by atoms with Crippen LogP contribution in [0.25, 0.3) is 0 Å². The maximum Gasteiger partial charge on any atom is 0.252 e. The highest BCUT2D eigenvalue weighted by Gasteiger charge is 2.11. The van der Waals surface area contributed by atoms with E-state index in [0.717, 1.165) is 18.7 Å². The van der Waals surface area contributed by atoms with Gasteiger partial charge in [0.1, 0.15) is 5.82 Å². The summed E-state index contributed by atoms with van der Waals surface area (Å²) in [6, 6.07) is 1.65. The molecule has 1 rings (SSSR count). The number of halogens is 1. The molecule has 20 heavy (non-hydrogen) atoms. The molecule has 0 saturated heterocycles. The standard InChI is InChI=1S/C14H22ClN3OS/c1-4-5-16-13-12(15)6-11(8-17-13)14(19)18-7-10(2)9-20-3/h6,8,10H,4-5,7,9H2,1-3H3,(H,16,17)(H,18,19). The lowest BCUT2D eigenvalue weighted by atomic mass is 10.2. The van der Waals surface area contributed by atoms with Gasteiger partial charge in [-0.1, -0.05) is 25.4 Å². The number of carbonyl (C=O) groups is 1. The number of amides is 1. The Morgan fingerprint density at radius 3 is 2.90 bits per heavy atom. The van der Waals surface area contributed by atoms with Crippen molar-refractivity contribution in [2.24, 2.45) is 5.92 Å². The molecule has 0 saturated carbocycles. The second-order valence-electron chi connectivity index (χ2n) is 4.75. The van der Waals surface area contributed by atoms with Gasteiger partial charge < -0.3 is 10.6 Å². The lowest BCUT2D eigenvalue weighted by molar-refractivity contribution is 0.0949. The van der Waals surface area contributed by atoms with Gasteiger partial charge in [0.05, 0.1) is 10.6 Å². The Morgan fingerprint density at radius 1 is 1.55 bits per heavy atom. The SMILES string of the molecule is CCCNc1ncc(C(=O)NCC(C)CSC)cc1Cl. The fraction of sp³-hybridized carbons (Fsp3) is 0.571. The Kier molecular flexibility index (Phi) is 7.77. The Morgan fingerprint density at radius 2 is 2.30 bits per heavy atom. The van der Waals surface area contributed by atoms with Gasteiger partial charge in [0, 0.05) is 19.3 Å². The number of hydrogen-bond donors (Lipinski definition) is 2. The summed E-state index contributed by atoms with van der Waals surface area (Å²) in [6.07, 6.45) is 4.61. The third-order valence-electron chi connectivity index (χ3n) is 2.71. The molecule has 2 N–H and O–H groups in total. The van der Waals surface area contributed by atoms with Crippen LogP contribution in [-0.4, -0.2) is 36.0 Å². The molecule has 1 aromatic rings. The third-order valence-corrected chi connectivity index (χ3v) is 3.90. The normalized spacial score (nSPS) is 12.0. The molecule has 0 aromatic carbocycles. The Balaban J connectivity index is 2.58. The van der Waals surface area contributed by atoms with Gasteiger partial charge in [0.15, 0.2) is 0 Å². The van der Waals surface area contributed by atoms with Crippen molar-refractivity contribution in [3.8, 4) is 0 Å². The summed E-state index contributed by atoms with van der Waals surface area (Å²) in [7, 11) is 0. The number of carbonyl (C=O) groups excluding carboxylic acids is 1. The molecule has 6 heteroatoms. The van der Waals surface area contributed by atoms with Gasteiger partial charge in [-0.05, 0) is 30.4 Å². The van der Waals surface area contributed by atoms with Crippen molar-refractivity contribution in [1.82, 2.24) is 10.3 Å². The van der Waals surface area contributed by atoms with E-state index in [1.807, 2.05) is 0 Å². The van der Waals surface area contributed by atoms with E-state index in [9.17, 15) is 4.79 Å². The molecule has 1 amide bonds. The molecule has 0 aliphatic heterocycles. The van der Waals surface area contributed by atoms with E-state index in [0.29, 0.717) is 28.9 Å². The minimum atomic E-state index is -0.130. The summed E-state index contributed by atoms with van der Waals surface area (Å²) in [5, 5.41) is 6.50. The topological polar surface area (TPSA) is 54.0 Å². The number of thioether (sulfide) groups is 1. The van der Waals surface area contributed by atoms with Crippen LogP contribution in [0.1, 0.15) is 30.6 Å². The molecule has 0 fully saturated rings. The molecule has 4 nitrogen and oxygen atoms in total. The summed E-state index contributed by atoms with van der Waals surface area (Å²) < 4.78 is 0. The highest BCUT2D eigenvalue weighted by molar-refractivity contribution is 7.98. The quantitative estimate of drug-likeness (QED) is 0.773. The zero-order valence-electron chi connectivity index (χ0n) is 12.2. The largest absolute Gasteiger partial charge is 0.369 e. The lowest BCUT2D eigenvalue weighted by Gasteiger charge is -2.12. The zero-order chi connectivity index (χ0) is 15.0. The molecule has 0 spiro atoms. The van der Waals surface area contributed by atoms with Crippen molar-refractivity contribution < 1.29 is 4.79 Å². The van der Waals surface area contributed by atoms with Crippen molar-refractivity contribution in [3.63, 3.8) is 0 Å². The average Bonchev–Trinajstić information content (AvgIpc) is 2.43. The summed E-state index contributed by atoms with van der Waals surface area (Å²) in [4.78, 5) is 16.2. The minimum absolute atomic E-state index is 0.130. The van der Waals surface area contributed by atoms with E-state index in [2.05, 4.69) is 35.7 Å². The molecule has 112 valence electrons. The van der Waals surface area contributed by atoms with Gasteiger partial charge in [-0.2, -0.15) is 11.8 Å². The van der Waals surface area contributed by atoms with E-state index in [-0.39, 0.29) is 5.91 Å². The van der Waals surface area contributed by atoms with E-state index >= 15 is 0 Å². The summed E-state index contributed by atoms with van der Waals surface area (Å²) >= 11 is 7.89. The molecule has 0 aliphatic rings. The van der Waals surface area contributed by atoms with Crippen LogP contribution in [0.2, 0.25) is 5.02 Å². The second kappa shape index (κ2) is 9.08. The maximum absolute atomic E-state index is 12.0. The van der Waals surface area contributed by atoms with Crippen LogP contribution < -0.4 is 10.6 Å². The molecule has 1 atom stereocenters. The van der Waals surface area contributed by atoms with Crippen LogP contribution in [0.3, 0.4) is 0 Å². The van der Waals surface area contributed by atoms with Crippen molar-refractivity contribution in [2.45, 2.75) is 20.3 Å². The fourth-order valence-electron chi connectivity index (χ4n) is 1.65. The van der Waals surface area contributed by atoms with Crippen LogP contribution in [0.15, 0.2) is 12.3 Å². The first kappa shape index (κ1) is 17.1. The monoisotopic (exact) mass is 315 g/mol. The van der Waals surface area contributed by atoms with Crippen LogP contribution in [0.5, 0.6) is 0 Å². The van der Waals surface area contributed by atoms with Crippen molar-refractivity contribution in [2.75, 3.05) is 30.4 Å². The number of rotatable bonds is 8. The third kappa shape index (κ3) is 5.59. The fourth-order valence-corrected chi connectivity index (χ4v) is 2.57. The smallest absolute Gasteiger partial charge is 0.252 e. The molecule has 1 unspecified atom stereocenters. The highest BCUT2D eigenvalue weighted by Crippen LogP contribution is 2.20. The number of anilines is 1. The minimum Gasteiger partial charge on any atom is -0.369 e. The first-order valence-electron chi connectivity index (χ1n) is 6.75. The lowest BCUT2D eigenvalue weighted by Crippen LogP contribution is -2.29. The van der Waals surface area contributed by atoms with Gasteiger partial charge in [-0.25, -0.2) is 4.98 Å². The number of pyridine rings is 1. The first-order chi connectivity index (χ1) is 9.58. The van der Waals surface area contributed by atoms with Crippen molar-refractivity contribution >= 4 is 35.1 Å².